The molecule has 1 unspecified atom stereocenters. The molecule has 1 heterocycles. The van der Waals surface area contributed by atoms with E-state index >= 15 is 0 Å². The first-order valence-corrected chi connectivity index (χ1v) is 6.80. The highest BCUT2D eigenvalue weighted by molar-refractivity contribution is 5.63. The highest BCUT2D eigenvalue weighted by Gasteiger charge is 2.19. The van der Waals surface area contributed by atoms with Crippen LogP contribution in [0.3, 0.4) is 0 Å². The van der Waals surface area contributed by atoms with Crippen LogP contribution in [0.2, 0.25) is 0 Å². The summed E-state index contributed by atoms with van der Waals surface area (Å²) in [4.78, 5) is 0. The number of hydrogen-bond donors (Lipinski definition) is 1. The van der Waals surface area contributed by atoms with E-state index in [1.165, 1.54) is 0 Å². The van der Waals surface area contributed by atoms with Gasteiger partial charge in [-0.2, -0.15) is 0 Å². The van der Waals surface area contributed by atoms with Gasteiger partial charge in [0.2, 0.25) is 0 Å². The second-order valence-electron chi connectivity index (χ2n) is 4.92. The lowest BCUT2D eigenvalue weighted by atomic mass is 10.1. The number of aromatic nitrogens is 4. The molecule has 0 saturated heterocycles. The van der Waals surface area contributed by atoms with Crippen LogP contribution < -0.4 is 5.73 Å². The molecular formula is C14H21N5O. The average molecular weight is 275 g/mol. The first kappa shape index (κ1) is 14.5. The van der Waals surface area contributed by atoms with Gasteiger partial charge >= 0.3 is 0 Å². The van der Waals surface area contributed by atoms with Crippen LogP contribution in [-0.4, -0.2) is 33.9 Å². The molecule has 0 bridgehead atoms. The smallest absolute Gasteiger partial charge is 0.182 e. The molecule has 1 atom stereocenters. The van der Waals surface area contributed by atoms with Crippen LogP contribution in [0.1, 0.15) is 31.4 Å². The predicted octanol–water partition coefficient (Wildman–Crippen LogP) is 2.22. The maximum atomic E-state index is 5.80. The summed E-state index contributed by atoms with van der Waals surface area (Å²) in [6.45, 7) is 4.75. The minimum atomic E-state index is 0.145. The molecular weight excluding hydrogens is 254 g/mol. The van der Waals surface area contributed by atoms with Crippen molar-refractivity contribution < 1.29 is 4.74 Å². The fraction of sp³-hybridized carbons (Fsp3) is 0.500. The van der Waals surface area contributed by atoms with Crippen molar-refractivity contribution >= 4 is 5.69 Å². The molecule has 2 rings (SSSR count). The van der Waals surface area contributed by atoms with Crippen LogP contribution in [0.25, 0.3) is 11.4 Å². The largest absolute Gasteiger partial charge is 0.399 e. The summed E-state index contributed by atoms with van der Waals surface area (Å²) in [5, 5.41) is 12.1. The number of nitrogens with two attached hydrogens (primary N) is 1. The van der Waals surface area contributed by atoms with Crippen LogP contribution in [0, 0.1) is 6.92 Å². The normalized spacial score (nSPS) is 12.6. The monoisotopic (exact) mass is 275 g/mol. The molecule has 0 fully saturated rings. The van der Waals surface area contributed by atoms with E-state index in [1.807, 2.05) is 29.8 Å². The van der Waals surface area contributed by atoms with E-state index in [4.69, 9.17) is 10.5 Å². The third-order valence-electron chi connectivity index (χ3n) is 3.31. The number of benzene rings is 1. The van der Waals surface area contributed by atoms with Crippen molar-refractivity contribution in [2.75, 3.05) is 19.5 Å². The number of nitrogen functional groups attached to an aromatic ring is 1. The lowest BCUT2D eigenvalue weighted by Gasteiger charge is -2.17. The third-order valence-corrected chi connectivity index (χ3v) is 3.31. The van der Waals surface area contributed by atoms with E-state index < -0.39 is 0 Å². The van der Waals surface area contributed by atoms with Gasteiger partial charge in [0, 0.05) is 18.4 Å². The fourth-order valence-corrected chi connectivity index (χ4v) is 2.36. The standard InChI is InChI=1S/C14H21N5O/c1-4-5-12(9-20-3)19-14(16-17-18-19)13-7-6-11(15)8-10(13)2/h6-8,12H,4-5,9,15H2,1-3H3. The number of aryl methyl sites for hydroxylation is 1. The quantitative estimate of drug-likeness (QED) is 0.818. The van der Waals surface area contributed by atoms with Gasteiger partial charge in [0.1, 0.15) is 0 Å². The second-order valence-corrected chi connectivity index (χ2v) is 4.92. The molecule has 6 heteroatoms. The zero-order valence-electron chi connectivity index (χ0n) is 12.2. The summed E-state index contributed by atoms with van der Waals surface area (Å²) >= 11 is 0. The van der Waals surface area contributed by atoms with Gasteiger partial charge < -0.3 is 10.5 Å². The van der Waals surface area contributed by atoms with Crippen molar-refractivity contribution in [2.24, 2.45) is 0 Å². The summed E-state index contributed by atoms with van der Waals surface area (Å²) in [6, 6.07) is 5.90. The van der Waals surface area contributed by atoms with E-state index in [1.54, 1.807) is 7.11 Å². The van der Waals surface area contributed by atoms with Gasteiger partial charge in [0.05, 0.1) is 12.6 Å². The van der Waals surface area contributed by atoms with Crippen LogP contribution in [0.4, 0.5) is 5.69 Å². The van der Waals surface area contributed by atoms with Crippen molar-refractivity contribution in [1.29, 1.82) is 0 Å². The van der Waals surface area contributed by atoms with E-state index in [0.29, 0.717) is 6.61 Å². The van der Waals surface area contributed by atoms with E-state index in [-0.39, 0.29) is 6.04 Å². The Hall–Kier alpha value is -1.95. The number of tetrazole rings is 1. The lowest BCUT2D eigenvalue weighted by Crippen LogP contribution is -2.17. The van der Waals surface area contributed by atoms with Crippen molar-refractivity contribution in [3.05, 3.63) is 23.8 Å². The Morgan fingerprint density at radius 1 is 1.40 bits per heavy atom. The van der Waals surface area contributed by atoms with Crippen molar-refractivity contribution in [2.45, 2.75) is 32.7 Å². The van der Waals surface area contributed by atoms with Gasteiger partial charge in [0.15, 0.2) is 5.82 Å². The van der Waals surface area contributed by atoms with Gasteiger partial charge in [-0.15, -0.1) is 5.10 Å². The average Bonchev–Trinajstić information content (AvgIpc) is 2.87. The number of anilines is 1. The zero-order valence-corrected chi connectivity index (χ0v) is 12.2. The Morgan fingerprint density at radius 3 is 2.85 bits per heavy atom. The summed E-state index contributed by atoms with van der Waals surface area (Å²) in [5.74, 6) is 0.762. The Balaban J connectivity index is 2.40. The van der Waals surface area contributed by atoms with E-state index in [2.05, 4.69) is 22.4 Å². The number of nitrogens with zero attached hydrogens (tertiary/aromatic N) is 4. The van der Waals surface area contributed by atoms with Gasteiger partial charge in [0.25, 0.3) is 0 Å². The minimum absolute atomic E-state index is 0.145. The maximum absolute atomic E-state index is 5.80. The van der Waals surface area contributed by atoms with Crippen LogP contribution in [-0.2, 0) is 4.74 Å². The van der Waals surface area contributed by atoms with Gasteiger partial charge in [-0.3, -0.25) is 0 Å². The molecule has 1 aromatic carbocycles. The fourth-order valence-electron chi connectivity index (χ4n) is 2.36. The molecule has 2 N–H and O–H groups in total. The SMILES string of the molecule is CCCC(COC)n1nnnc1-c1ccc(N)cc1C. The molecule has 1 aromatic heterocycles. The number of ether oxygens (including phenoxy) is 1. The van der Waals surface area contributed by atoms with Gasteiger partial charge in [-0.05, 0) is 47.5 Å². The minimum Gasteiger partial charge on any atom is -0.399 e. The Labute approximate surface area is 118 Å². The lowest BCUT2D eigenvalue weighted by molar-refractivity contribution is 0.144. The molecule has 0 radical (unpaired) electrons. The molecule has 0 aliphatic carbocycles. The van der Waals surface area contributed by atoms with Crippen LogP contribution in [0.15, 0.2) is 18.2 Å². The van der Waals surface area contributed by atoms with Crippen molar-refractivity contribution in [1.82, 2.24) is 20.2 Å². The zero-order chi connectivity index (χ0) is 14.5. The number of methoxy groups -OCH3 is 1. The predicted molar refractivity (Wildman–Crippen MR) is 78.2 cm³/mol. The second kappa shape index (κ2) is 6.47. The molecule has 0 spiro atoms. The molecule has 0 aliphatic heterocycles. The first-order chi connectivity index (χ1) is 9.67. The Bertz CT molecular complexity index is 560. The third kappa shape index (κ3) is 2.96. The van der Waals surface area contributed by atoms with Crippen LogP contribution >= 0.6 is 0 Å². The van der Waals surface area contributed by atoms with Crippen LogP contribution in [0.5, 0.6) is 0 Å². The first-order valence-electron chi connectivity index (χ1n) is 6.80. The molecule has 2 aromatic rings. The molecule has 0 amide bonds. The summed E-state index contributed by atoms with van der Waals surface area (Å²) in [6.07, 6.45) is 2.02. The molecule has 6 nitrogen and oxygen atoms in total. The highest BCUT2D eigenvalue weighted by atomic mass is 16.5. The van der Waals surface area contributed by atoms with Gasteiger partial charge in [-0.25, -0.2) is 4.68 Å². The van der Waals surface area contributed by atoms with Crippen molar-refractivity contribution in [3.63, 3.8) is 0 Å². The van der Waals surface area contributed by atoms with Gasteiger partial charge in [-0.1, -0.05) is 13.3 Å². The Morgan fingerprint density at radius 2 is 2.20 bits per heavy atom. The van der Waals surface area contributed by atoms with E-state index in [0.717, 1.165) is 35.5 Å². The van der Waals surface area contributed by atoms with E-state index in [9.17, 15) is 0 Å². The number of hydrogen-bond acceptors (Lipinski definition) is 5. The van der Waals surface area contributed by atoms with Crippen molar-refractivity contribution in [3.8, 4) is 11.4 Å². The number of rotatable bonds is 6. The maximum Gasteiger partial charge on any atom is 0.182 e. The highest BCUT2D eigenvalue weighted by Crippen LogP contribution is 2.26. The molecule has 20 heavy (non-hydrogen) atoms. The molecule has 0 aliphatic rings. The molecule has 0 saturated carbocycles. The Kier molecular flexibility index (Phi) is 4.68. The topological polar surface area (TPSA) is 78.8 Å². The molecule has 108 valence electrons. The summed E-state index contributed by atoms with van der Waals surface area (Å²) in [5.41, 5.74) is 8.60. The summed E-state index contributed by atoms with van der Waals surface area (Å²) in [7, 11) is 1.70. The summed E-state index contributed by atoms with van der Waals surface area (Å²) < 4.78 is 7.14.